The van der Waals surface area contributed by atoms with Crippen molar-refractivity contribution in [3.63, 3.8) is 0 Å². The minimum Gasteiger partial charge on any atom is -0.487 e. The van der Waals surface area contributed by atoms with Crippen LogP contribution in [-0.2, 0) is 11.4 Å². The third-order valence-electron chi connectivity index (χ3n) is 3.64. The molecule has 7 nitrogen and oxygen atoms in total. The molecule has 7 heteroatoms. The van der Waals surface area contributed by atoms with Gasteiger partial charge in [0.1, 0.15) is 18.1 Å². The van der Waals surface area contributed by atoms with E-state index in [9.17, 15) is 4.79 Å². The van der Waals surface area contributed by atoms with Gasteiger partial charge in [-0.1, -0.05) is 12.1 Å². The maximum atomic E-state index is 10.4. The van der Waals surface area contributed by atoms with Gasteiger partial charge in [-0.05, 0) is 36.2 Å². The van der Waals surface area contributed by atoms with Gasteiger partial charge in [0.2, 0.25) is 0 Å². The van der Waals surface area contributed by atoms with Crippen LogP contribution in [0.4, 0.5) is 0 Å². The molecule has 1 aliphatic rings. The Morgan fingerprint density at radius 1 is 1.17 bits per heavy atom. The van der Waals surface area contributed by atoms with E-state index in [2.05, 4.69) is 15.8 Å². The van der Waals surface area contributed by atoms with Crippen LogP contribution in [0.5, 0.6) is 11.5 Å². The van der Waals surface area contributed by atoms with Gasteiger partial charge in [0.15, 0.2) is 6.61 Å². The van der Waals surface area contributed by atoms with Gasteiger partial charge in [0, 0.05) is 6.54 Å². The molecular formula is C17H19N3O4. The lowest BCUT2D eigenvalue weighted by Gasteiger charge is -2.10. The van der Waals surface area contributed by atoms with E-state index in [-0.39, 0.29) is 12.6 Å². The number of hydrazine groups is 1. The second-order valence-corrected chi connectivity index (χ2v) is 5.45. The number of rotatable bonds is 7. The van der Waals surface area contributed by atoms with Crippen molar-refractivity contribution in [2.45, 2.75) is 19.1 Å². The summed E-state index contributed by atoms with van der Waals surface area (Å²) in [7, 11) is 0. The summed E-state index contributed by atoms with van der Waals surface area (Å²) in [6, 6.07) is 11.2. The summed E-state index contributed by atoms with van der Waals surface area (Å²) >= 11 is 0. The minimum atomic E-state index is -0.998. The van der Waals surface area contributed by atoms with Gasteiger partial charge >= 0.3 is 5.97 Å². The van der Waals surface area contributed by atoms with Gasteiger partial charge in [-0.15, -0.1) is 0 Å². The molecule has 3 rings (SSSR count). The van der Waals surface area contributed by atoms with Crippen LogP contribution >= 0.6 is 0 Å². The molecule has 1 aliphatic heterocycles. The smallest absolute Gasteiger partial charge is 0.341 e. The first-order valence-electron chi connectivity index (χ1n) is 7.71. The molecule has 0 aliphatic carbocycles. The normalized spacial score (nSPS) is 16.8. The summed E-state index contributed by atoms with van der Waals surface area (Å²) in [6.45, 7) is 0.999. The van der Waals surface area contributed by atoms with E-state index in [4.69, 9.17) is 14.6 Å². The molecule has 2 aromatic rings. The van der Waals surface area contributed by atoms with Gasteiger partial charge < -0.3 is 14.6 Å². The van der Waals surface area contributed by atoms with E-state index in [1.807, 2.05) is 24.3 Å². The van der Waals surface area contributed by atoms with Gasteiger partial charge in [0.25, 0.3) is 0 Å². The van der Waals surface area contributed by atoms with E-state index in [0.717, 1.165) is 24.2 Å². The van der Waals surface area contributed by atoms with Gasteiger partial charge in [-0.3, -0.25) is 10.4 Å². The van der Waals surface area contributed by atoms with Crippen LogP contribution in [0.3, 0.4) is 0 Å². The van der Waals surface area contributed by atoms with Crippen molar-refractivity contribution >= 4 is 5.97 Å². The molecule has 24 heavy (non-hydrogen) atoms. The summed E-state index contributed by atoms with van der Waals surface area (Å²) in [5, 5.41) is 8.57. The van der Waals surface area contributed by atoms with E-state index >= 15 is 0 Å². The van der Waals surface area contributed by atoms with Crippen molar-refractivity contribution < 1.29 is 19.4 Å². The maximum absolute atomic E-state index is 10.4. The highest BCUT2D eigenvalue weighted by Crippen LogP contribution is 2.20. The van der Waals surface area contributed by atoms with E-state index in [0.29, 0.717) is 18.1 Å². The summed E-state index contributed by atoms with van der Waals surface area (Å²) in [5.41, 5.74) is 8.21. The molecule has 0 spiro atoms. The summed E-state index contributed by atoms with van der Waals surface area (Å²) < 4.78 is 10.8. The second kappa shape index (κ2) is 7.76. The molecule has 2 heterocycles. The first kappa shape index (κ1) is 16.2. The van der Waals surface area contributed by atoms with Crippen LogP contribution in [0.2, 0.25) is 0 Å². The quantitative estimate of drug-likeness (QED) is 0.711. The van der Waals surface area contributed by atoms with Crippen molar-refractivity contribution in [1.82, 2.24) is 15.8 Å². The van der Waals surface area contributed by atoms with Crippen molar-refractivity contribution in [3.05, 3.63) is 53.9 Å². The predicted molar refractivity (Wildman–Crippen MR) is 86.6 cm³/mol. The molecule has 3 N–H and O–H groups in total. The minimum absolute atomic E-state index is 0.248. The lowest BCUT2D eigenvalue weighted by Crippen LogP contribution is -2.25. The van der Waals surface area contributed by atoms with Crippen LogP contribution in [0.15, 0.2) is 42.6 Å². The van der Waals surface area contributed by atoms with E-state index < -0.39 is 5.97 Å². The molecule has 1 saturated heterocycles. The van der Waals surface area contributed by atoms with E-state index in [1.165, 1.54) is 0 Å². The number of carboxylic acid groups (broad SMARTS) is 1. The molecule has 0 saturated carbocycles. The largest absolute Gasteiger partial charge is 0.487 e. The monoisotopic (exact) mass is 329 g/mol. The number of nitrogens with one attached hydrogen (secondary N) is 2. The Hall–Kier alpha value is -2.64. The first-order chi connectivity index (χ1) is 11.7. The molecule has 1 fully saturated rings. The Bertz CT molecular complexity index is 667. The van der Waals surface area contributed by atoms with Crippen LogP contribution < -0.4 is 20.3 Å². The second-order valence-electron chi connectivity index (χ2n) is 5.45. The highest BCUT2D eigenvalue weighted by molar-refractivity contribution is 5.68. The number of aromatic nitrogens is 1. The fourth-order valence-corrected chi connectivity index (χ4v) is 2.38. The standard InChI is InChI=1S/C17H19N3O4/c21-17(22)11-24-13-3-1-12(2-4-13)10-23-14-5-6-15(18-9-14)16-7-8-19-20-16/h1-6,9,16,19-20H,7-8,10-11H2,(H,21,22). The third-order valence-corrected chi connectivity index (χ3v) is 3.64. The number of aliphatic carboxylic acids is 1. The number of carboxylic acids is 1. The zero-order valence-corrected chi connectivity index (χ0v) is 13.1. The molecule has 126 valence electrons. The summed E-state index contributed by atoms with van der Waals surface area (Å²) in [4.78, 5) is 14.9. The van der Waals surface area contributed by atoms with Crippen molar-refractivity contribution in [2.75, 3.05) is 13.2 Å². The highest BCUT2D eigenvalue weighted by Gasteiger charge is 2.16. The SMILES string of the molecule is O=C(O)COc1ccc(COc2ccc(C3CCNN3)nc2)cc1. The molecular weight excluding hydrogens is 310 g/mol. The van der Waals surface area contributed by atoms with Crippen molar-refractivity contribution in [1.29, 1.82) is 0 Å². The molecule has 1 unspecified atom stereocenters. The zero-order chi connectivity index (χ0) is 16.8. The third kappa shape index (κ3) is 4.43. The van der Waals surface area contributed by atoms with Gasteiger partial charge in [-0.2, -0.15) is 0 Å². The Morgan fingerprint density at radius 3 is 2.58 bits per heavy atom. The number of pyridine rings is 1. The van der Waals surface area contributed by atoms with Crippen molar-refractivity contribution in [3.8, 4) is 11.5 Å². The molecule has 1 aromatic carbocycles. The van der Waals surface area contributed by atoms with E-state index in [1.54, 1.807) is 18.3 Å². The topological polar surface area (TPSA) is 92.7 Å². The number of nitrogens with zero attached hydrogens (tertiary/aromatic N) is 1. The maximum Gasteiger partial charge on any atom is 0.341 e. The number of hydrogen-bond donors (Lipinski definition) is 3. The summed E-state index contributed by atoms with van der Waals surface area (Å²) in [6.07, 6.45) is 2.74. The Morgan fingerprint density at radius 2 is 1.96 bits per heavy atom. The Balaban J connectivity index is 1.50. The van der Waals surface area contributed by atoms with Crippen LogP contribution in [0.25, 0.3) is 0 Å². The first-order valence-corrected chi connectivity index (χ1v) is 7.71. The molecule has 1 aromatic heterocycles. The molecule has 1 atom stereocenters. The average molecular weight is 329 g/mol. The number of benzene rings is 1. The highest BCUT2D eigenvalue weighted by atomic mass is 16.5. The molecule has 0 bridgehead atoms. The van der Waals surface area contributed by atoms with Crippen molar-refractivity contribution in [2.24, 2.45) is 0 Å². The van der Waals surface area contributed by atoms with Crippen LogP contribution in [0.1, 0.15) is 23.7 Å². The average Bonchev–Trinajstić information content (AvgIpc) is 3.14. The number of carbonyl (C=O) groups is 1. The Labute approximate surface area is 139 Å². The fourth-order valence-electron chi connectivity index (χ4n) is 2.38. The van der Waals surface area contributed by atoms with Crippen LogP contribution in [-0.4, -0.2) is 29.2 Å². The number of hydrogen-bond acceptors (Lipinski definition) is 6. The lowest BCUT2D eigenvalue weighted by molar-refractivity contribution is -0.139. The van der Waals surface area contributed by atoms with Gasteiger partial charge in [-0.25, -0.2) is 10.2 Å². The van der Waals surface area contributed by atoms with Crippen LogP contribution in [0, 0.1) is 0 Å². The molecule has 0 amide bonds. The fraction of sp³-hybridized carbons (Fsp3) is 0.294. The zero-order valence-electron chi connectivity index (χ0n) is 13.1. The molecule has 0 radical (unpaired) electrons. The Kier molecular flexibility index (Phi) is 5.25. The number of ether oxygens (including phenoxy) is 2. The summed E-state index contributed by atoms with van der Waals surface area (Å²) in [5.74, 6) is 0.225. The van der Waals surface area contributed by atoms with Gasteiger partial charge in [0.05, 0.1) is 17.9 Å². The lowest BCUT2D eigenvalue weighted by atomic mass is 10.1. The predicted octanol–water partition coefficient (Wildman–Crippen LogP) is 1.66.